The Hall–Kier alpha value is -1.23. The molecule has 1 aromatic carbocycles. The average Bonchev–Trinajstić information content (AvgIpc) is 2.76. The van der Waals surface area contributed by atoms with Crippen molar-refractivity contribution in [2.24, 2.45) is 0 Å². The molecule has 0 fully saturated rings. The molecule has 0 aliphatic rings. The molecular weight excluding hydrogens is 232 g/mol. The molecule has 4 heteroatoms. The summed E-state index contributed by atoms with van der Waals surface area (Å²) in [7, 11) is 0. The van der Waals surface area contributed by atoms with Gasteiger partial charge < -0.3 is 10.4 Å². The molecule has 0 aliphatic carbocycles. The van der Waals surface area contributed by atoms with Crippen molar-refractivity contribution in [3.63, 3.8) is 0 Å². The monoisotopic (exact) mass is 248 g/mol. The smallest absolute Gasteiger partial charge is 0.0798 e. The van der Waals surface area contributed by atoms with Crippen LogP contribution in [0.4, 0.5) is 0 Å². The lowest BCUT2D eigenvalue weighted by molar-refractivity contribution is 0.282. The minimum absolute atomic E-state index is 0.105. The van der Waals surface area contributed by atoms with Gasteiger partial charge in [-0.25, -0.2) is 4.98 Å². The van der Waals surface area contributed by atoms with Crippen molar-refractivity contribution in [3.8, 4) is 0 Å². The highest BCUT2D eigenvalue weighted by molar-refractivity contribution is 7.09. The summed E-state index contributed by atoms with van der Waals surface area (Å²) in [4.78, 5) is 5.50. The number of nitrogens with one attached hydrogen (secondary N) is 1. The molecule has 0 amide bonds. The van der Waals surface area contributed by atoms with E-state index in [0.29, 0.717) is 0 Å². The van der Waals surface area contributed by atoms with Crippen molar-refractivity contribution in [1.82, 2.24) is 10.3 Å². The second-order valence-corrected chi connectivity index (χ2v) is 4.88. The quantitative estimate of drug-likeness (QED) is 0.853. The van der Waals surface area contributed by atoms with E-state index < -0.39 is 0 Å². The molecule has 0 aliphatic heterocycles. The molecule has 0 saturated heterocycles. The van der Waals surface area contributed by atoms with Crippen LogP contribution < -0.4 is 5.32 Å². The molecule has 1 aromatic heterocycles. The number of thiazole rings is 1. The topological polar surface area (TPSA) is 45.2 Å². The predicted molar refractivity (Wildman–Crippen MR) is 69.8 cm³/mol. The van der Waals surface area contributed by atoms with Crippen LogP contribution in [0.15, 0.2) is 29.8 Å². The average molecular weight is 248 g/mol. The van der Waals surface area contributed by atoms with Crippen molar-refractivity contribution in [3.05, 3.63) is 51.5 Å². The van der Waals surface area contributed by atoms with Gasteiger partial charge in [-0.2, -0.15) is 0 Å². The number of aryl methyl sites for hydroxylation is 1. The molecule has 2 N–H and O–H groups in total. The summed E-state index contributed by atoms with van der Waals surface area (Å²) in [6.45, 7) is 3.83. The number of hydrogen-bond acceptors (Lipinski definition) is 4. The van der Waals surface area contributed by atoms with Crippen LogP contribution >= 0.6 is 11.3 Å². The van der Waals surface area contributed by atoms with Crippen LogP contribution in [0.25, 0.3) is 0 Å². The second-order valence-electron chi connectivity index (χ2n) is 3.94. The zero-order chi connectivity index (χ0) is 12.1. The molecule has 0 bridgehead atoms. The van der Waals surface area contributed by atoms with Gasteiger partial charge in [0.2, 0.25) is 0 Å². The van der Waals surface area contributed by atoms with Crippen molar-refractivity contribution < 1.29 is 5.11 Å². The number of aliphatic hydroxyl groups excluding tert-OH is 1. The lowest BCUT2D eigenvalue weighted by atomic mass is 10.1. The number of rotatable bonds is 5. The lowest BCUT2D eigenvalue weighted by Gasteiger charge is -2.04. The van der Waals surface area contributed by atoms with Crippen molar-refractivity contribution in [1.29, 1.82) is 0 Å². The first-order valence-electron chi connectivity index (χ1n) is 5.58. The van der Waals surface area contributed by atoms with Gasteiger partial charge in [0.15, 0.2) is 0 Å². The van der Waals surface area contributed by atoms with Gasteiger partial charge in [-0.3, -0.25) is 0 Å². The number of hydrogen-bond donors (Lipinski definition) is 2. The second kappa shape index (κ2) is 5.91. The molecule has 0 spiro atoms. The summed E-state index contributed by atoms with van der Waals surface area (Å²) in [6, 6.07) is 7.99. The van der Waals surface area contributed by atoms with E-state index in [4.69, 9.17) is 5.11 Å². The summed E-state index contributed by atoms with van der Waals surface area (Å²) in [6.07, 6.45) is 0. The molecule has 3 nitrogen and oxygen atoms in total. The summed E-state index contributed by atoms with van der Waals surface area (Å²) in [5.41, 5.74) is 5.16. The van der Waals surface area contributed by atoms with Crippen molar-refractivity contribution >= 4 is 11.3 Å². The third-order valence-corrected chi connectivity index (χ3v) is 3.60. The maximum absolute atomic E-state index is 8.94. The number of aromatic nitrogens is 1. The highest BCUT2D eigenvalue weighted by Crippen LogP contribution is 2.11. The van der Waals surface area contributed by atoms with E-state index in [0.717, 1.165) is 24.3 Å². The Labute approximate surface area is 105 Å². The van der Waals surface area contributed by atoms with E-state index in [2.05, 4.69) is 10.3 Å². The van der Waals surface area contributed by atoms with Gasteiger partial charge in [0.05, 0.1) is 17.8 Å². The molecule has 0 saturated carbocycles. The molecule has 90 valence electrons. The highest BCUT2D eigenvalue weighted by Gasteiger charge is 2.00. The van der Waals surface area contributed by atoms with Crippen molar-refractivity contribution in [2.45, 2.75) is 26.6 Å². The van der Waals surface area contributed by atoms with Crippen LogP contribution in [-0.4, -0.2) is 10.1 Å². The minimum atomic E-state index is 0.105. The predicted octanol–water partition coefficient (Wildman–Crippen LogP) is 2.23. The van der Waals surface area contributed by atoms with E-state index in [9.17, 15) is 0 Å². The first kappa shape index (κ1) is 12.2. The molecule has 0 atom stereocenters. The molecule has 1 heterocycles. The maximum Gasteiger partial charge on any atom is 0.0798 e. The first-order chi connectivity index (χ1) is 8.29. The molecule has 17 heavy (non-hydrogen) atoms. The Bertz CT molecular complexity index is 465. The lowest BCUT2D eigenvalue weighted by Crippen LogP contribution is -2.12. The highest BCUT2D eigenvalue weighted by atomic mass is 32.1. The van der Waals surface area contributed by atoms with E-state index in [1.165, 1.54) is 10.4 Å². The fourth-order valence-electron chi connectivity index (χ4n) is 1.58. The van der Waals surface area contributed by atoms with Gasteiger partial charge in [0.1, 0.15) is 0 Å². The van der Waals surface area contributed by atoms with E-state index >= 15 is 0 Å². The van der Waals surface area contributed by atoms with Crippen LogP contribution in [0.1, 0.15) is 21.7 Å². The Morgan fingerprint density at radius 3 is 2.47 bits per heavy atom. The van der Waals surface area contributed by atoms with Crippen LogP contribution in [0.2, 0.25) is 0 Å². The van der Waals surface area contributed by atoms with Crippen LogP contribution in [0.5, 0.6) is 0 Å². The largest absolute Gasteiger partial charge is 0.392 e. The van der Waals surface area contributed by atoms with Gasteiger partial charge >= 0.3 is 0 Å². The van der Waals surface area contributed by atoms with Gasteiger partial charge in [-0.05, 0) is 18.1 Å². The summed E-state index contributed by atoms with van der Waals surface area (Å²) in [5, 5.41) is 12.3. The van der Waals surface area contributed by atoms with Crippen LogP contribution in [0, 0.1) is 6.92 Å². The maximum atomic E-state index is 8.94. The van der Waals surface area contributed by atoms with Gasteiger partial charge in [-0.1, -0.05) is 24.3 Å². The minimum Gasteiger partial charge on any atom is -0.392 e. The summed E-state index contributed by atoms with van der Waals surface area (Å²) >= 11 is 1.68. The van der Waals surface area contributed by atoms with Crippen molar-refractivity contribution in [2.75, 3.05) is 0 Å². The Morgan fingerprint density at radius 1 is 1.18 bits per heavy atom. The third kappa shape index (κ3) is 3.36. The zero-order valence-electron chi connectivity index (χ0n) is 9.81. The summed E-state index contributed by atoms with van der Waals surface area (Å²) in [5.74, 6) is 0. The SMILES string of the molecule is Cc1ncsc1CNCc1ccc(CO)cc1. The molecular formula is C13H16N2OS. The molecule has 0 unspecified atom stereocenters. The third-order valence-electron chi connectivity index (χ3n) is 2.67. The number of aliphatic hydroxyl groups is 1. The molecule has 2 rings (SSSR count). The Morgan fingerprint density at radius 2 is 1.88 bits per heavy atom. The fraction of sp³-hybridized carbons (Fsp3) is 0.308. The van der Waals surface area contributed by atoms with E-state index in [1.54, 1.807) is 11.3 Å². The Balaban J connectivity index is 1.83. The molecule has 0 radical (unpaired) electrons. The van der Waals surface area contributed by atoms with E-state index in [1.807, 2.05) is 36.7 Å². The van der Waals surface area contributed by atoms with Gasteiger partial charge in [0, 0.05) is 18.0 Å². The number of nitrogens with zero attached hydrogens (tertiary/aromatic N) is 1. The van der Waals surface area contributed by atoms with Gasteiger partial charge in [0.25, 0.3) is 0 Å². The standard InChI is InChI=1S/C13H16N2OS/c1-10-13(17-9-15-10)7-14-6-11-2-4-12(8-16)5-3-11/h2-5,9,14,16H,6-8H2,1H3. The molecule has 2 aromatic rings. The van der Waals surface area contributed by atoms with Crippen LogP contribution in [0.3, 0.4) is 0 Å². The zero-order valence-corrected chi connectivity index (χ0v) is 10.6. The number of benzene rings is 1. The normalized spacial score (nSPS) is 10.7. The summed E-state index contributed by atoms with van der Waals surface area (Å²) < 4.78 is 0. The van der Waals surface area contributed by atoms with E-state index in [-0.39, 0.29) is 6.61 Å². The Kier molecular flexibility index (Phi) is 4.25. The van der Waals surface area contributed by atoms with Crippen LogP contribution in [-0.2, 0) is 19.7 Å². The first-order valence-corrected chi connectivity index (χ1v) is 6.46. The van der Waals surface area contributed by atoms with Gasteiger partial charge in [-0.15, -0.1) is 11.3 Å². The fourth-order valence-corrected chi connectivity index (χ4v) is 2.33.